The fourth-order valence-corrected chi connectivity index (χ4v) is 5.64. The maximum Gasteiger partial charge on any atom is 1.00 e. The van der Waals surface area contributed by atoms with Crippen molar-refractivity contribution in [2.45, 2.75) is 22.7 Å². The largest absolute Gasteiger partial charge is 1.00 e. The van der Waals surface area contributed by atoms with Gasteiger partial charge in [-0.2, -0.15) is 0 Å². The average Bonchev–Trinajstić information content (AvgIpc) is 3.19. The molecule has 4 rings (SSSR count). The third-order valence-electron chi connectivity index (χ3n) is 4.87. The number of aromatic nitrogens is 4. The van der Waals surface area contributed by atoms with E-state index in [2.05, 4.69) is 20.8 Å². The molecule has 0 aliphatic carbocycles. The molecule has 32 heavy (non-hydrogen) atoms. The van der Waals surface area contributed by atoms with Gasteiger partial charge in [-0.3, -0.25) is 14.5 Å². The van der Waals surface area contributed by atoms with Gasteiger partial charge in [0, 0.05) is 18.6 Å². The van der Waals surface area contributed by atoms with Crippen LogP contribution < -0.4 is 34.9 Å². The molecule has 0 bridgehead atoms. The fourth-order valence-electron chi connectivity index (χ4n) is 3.31. The van der Waals surface area contributed by atoms with Crippen molar-refractivity contribution in [1.82, 2.24) is 30.4 Å². The van der Waals surface area contributed by atoms with Crippen LogP contribution in [0.4, 0.5) is 0 Å². The topological polar surface area (TPSA) is 151 Å². The van der Waals surface area contributed by atoms with E-state index in [4.69, 9.17) is 0 Å². The molecule has 14 heteroatoms. The summed E-state index contributed by atoms with van der Waals surface area (Å²) in [7, 11) is 1.68. The molecule has 1 unspecified atom stereocenters. The predicted molar refractivity (Wildman–Crippen MR) is 112 cm³/mol. The minimum atomic E-state index is -1.42. The molecule has 164 valence electrons. The number of fused-ring (bicyclic) bond motifs is 1. The third kappa shape index (κ3) is 4.72. The molecule has 1 fully saturated rings. The number of aryl methyl sites for hydroxylation is 1. The van der Waals surface area contributed by atoms with Crippen LogP contribution in [0.25, 0.3) is 0 Å². The number of β-lactam (4-membered cyclic amide) rings is 1. The number of amides is 2. The average molecular weight is 487 g/mol. The van der Waals surface area contributed by atoms with Crippen molar-refractivity contribution in [3.05, 3.63) is 47.2 Å². The Balaban J connectivity index is 0.00000193. The molecule has 2 aliphatic rings. The van der Waals surface area contributed by atoms with Gasteiger partial charge in [-0.05, 0) is 21.6 Å². The van der Waals surface area contributed by atoms with Gasteiger partial charge in [-0.15, -0.1) is 16.9 Å². The maximum atomic E-state index is 12.7. The number of nitrogens with zero attached hydrogens (tertiary/aromatic N) is 5. The van der Waals surface area contributed by atoms with E-state index in [-0.39, 0.29) is 36.7 Å². The molecule has 3 heterocycles. The van der Waals surface area contributed by atoms with Crippen LogP contribution in [0, 0.1) is 0 Å². The van der Waals surface area contributed by atoms with Gasteiger partial charge in [0.25, 0.3) is 11.8 Å². The molecule has 3 atom stereocenters. The summed E-state index contributed by atoms with van der Waals surface area (Å²) in [5, 5.41) is 33.6. The molecule has 0 radical (unpaired) electrons. The van der Waals surface area contributed by atoms with E-state index in [0.717, 1.165) is 0 Å². The second kappa shape index (κ2) is 10.4. The normalized spacial score (nSPS) is 20.7. The number of hydrogen-bond acceptors (Lipinski definition) is 9. The van der Waals surface area contributed by atoms with Crippen molar-refractivity contribution in [2.24, 2.45) is 7.05 Å². The number of tetrazole rings is 1. The number of hydrogen-bond donors (Lipinski definition) is 3. The summed E-state index contributed by atoms with van der Waals surface area (Å²) >= 11 is 2.64. The Hall–Kier alpha value is -1.90. The summed E-state index contributed by atoms with van der Waals surface area (Å²) in [4.78, 5) is 38.2. The molecule has 3 N–H and O–H groups in total. The Bertz CT molecular complexity index is 1070. The first-order valence-electron chi connectivity index (χ1n) is 9.17. The van der Waals surface area contributed by atoms with Crippen molar-refractivity contribution in [1.29, 1.82) is 0 Å². The monoisotopic (exact) mass is 486 g/mol. The summed E-state index contributed by atoms with van der Waals surface area (Å²) in [6.45, 7) is 0. The zero-order chi connectivity index (χ0) is 22.1. The van der Waals surface area contributed by atoms with E-state index in [1.54, 1.807) is 37.4 Å². The molecule has 2 aromatic rings. The molecule has 1 aromatic heterocycles. The van der Waals surface area contributed by atoms with Gasteiger partial charge < -0.3 is 17.0 Å². The molecule has 2 amide bonds. The van der Waals surface area contributed by atoms with Crippen LogP contribution in [-0.2, 0) is 21.4 Å². The van der Waals surface area contributed by atoms with Crippen molar-refractivity contribution < 1.29 is 55.6 Å². The van der Waals surface area contributed by atoms with Crippen LogP contribution in [0.5, 0.6) is 0 Å². The molecule has 2 aliphatic heterocycles. The molecule has 11 nitrogen and oxygen atoms in total. The zero-order valence-corrected chi connectivity index (χ0v) is 20.8. The number of nitrogens with one attached hydrogen (secondary N) is 1. The number of carbonyl (C=O) groups is 3. The Morgan fingerprint density at radius 3 is 2.72 bits per heavy atom. The number of aliphatic hydroxyl groups is 1. The fraction of sp³-hybridized carbons (Fsp3) is 0.333. The van der Waals surface area contributed by atoms with E-state index < -0.39 is 35.3 Å². The Labute approximate surface area is 214 Å². The van der Waals surface area contributed by atoms with Crippen molar-refractivity contribution in [2.75, 3.05) is 11.5 Å². The Morgan fingerprint density at radius 2 is 2.09 bits per heavy atom. The molecule has 0 spiro atoms. The quantitative estimate of drug-likeness (QED) is 0.208. The number of benzene rings is 1. The predicted octanol–water partition coefficient (Wildman–Crippen LogP) is -3.11. The van der Waals surface area contributed by atoms with Gasteiger partial charge in [-0.25, -0.2) is 9.48 Å². The van der Waals surface area contributed by atoms with Gasteiger partial charge in [0.05, 0.1) is 0 Å². The zero-order valence-electron chi connectivity index (χ0n) is 18.2. The van der Waals surface area contributed by atoms with Crippen molar-refractivity contribution in [3.8, 4) is 0 Å². The number of aliphatic carboxylic acids is 1. The van der Waals surface area contributed by atoms with Crippen LogP contribution in [-0.4, -0.2) is 76.0 Å². The van der Waals surface area contributed by atoms with Crippen LogP contribution in [0.1, 0.15) is 13.1 Å². The summed E-state index contributed by atoms with van der Waals surface area (Å²) in [5.41, 5.74) is 0.901. The van der Waals surface area contributed by atoms with Gasteiger partial charge in [-0.1, -0.05) is 42.1 Å². The second-order valence-corrected chi connectivity index (χ2v) is 8.89. The van der Waals surface area contributed by atoms with E-state index in [1.807, 2.05) is 0 Å². The second-order valence-electron chi connectivity index (χ2n) is 6.84. The Morgan fingerprint density at radius 1 is 1.38 bits per heavy atom. The number of thioether (sulfide) groups is 2. The van der Waals surface area contributed by atoms with Crippen LogP contribution in [0.2, 0.25) is 0 Å². The van der Waals surface area contributed by atoms with Gasteiger partial charge in [0.15, 0.2) is 6.10 Å². The maximum absolute atomic E-state index is 12.7. The summed E-state index contributed by atoms with van der Waals surface area (Å²) in [6.07, 6.45) is -1.42. The molecule has 1 saturated heterocycles. The summed E-state index contributed by atoms with van der Waals surface area (Å²) in [6, 6.07) is 7.46. The van der Waals surface area contributed by atoms with Crippen LogP contribution in [0.15, 0.2) is 46.8 Å². The van der Waals surface area contributed by atoms with Gasteiger partial charge in [0.2, 0.25) is 5.16 Å². The first kappa shape index (κ1) is 24.7. The Kier molecular flexibility index (Phi) is 8.01. The van der Waals surface area contributed by atoms with Gasteiger partial charge >= 0.3 is 35.5 Å². The van der Waals surface area contributed by atoms with Gasteiger partial charge in [0.1, 0.15) is 17.1 Å². The number of carboxylic acid groups (broad SMARTS) is 1. The molecular weight excluding hydrogens is 467 g/mol. The first-order valence-corrected chi connectivity index (χ1v) is 11.2. The molecule has 1 aromatic carbocycles. The third-order valence-corrected chi connectivity index (χ3v) is 7.30. The van der Waals surface area contributed by atoms with E-state index in [9.17, 15) is 24.6 Å². The number of carboxylic acids is 1. The smallest absolute Gasteiger partial charge is 1.00 e. The number of carbonyl (C=O) groups excluding carboxylic acids is 2. The number of aliphatic hydroxyl groups excluding tert-OH is 1. The number of rotatable bonds is 7. The van der Waals surface area contributed by atoms with Crippen LogP contribution >= 0.6 is 23.5 Å². The van der Waals surface area contributed by atoms with Crippen LogP contribution in [0.3, 0.4) is 0 Å². The summed E-state index contributed by atoms with van der Waals surface area (Å²) < 4.78 is 1.48. The minimum absolute atomic E-state index is 0. The molecule has 0 saturated carbocycles. The van der Waals surface area contributed by atoms with E-state index >= 15 is 0 Å². The van der Waals surface area contributed by atoms with E-state index in [1.165, 1.54) is 33.1 Å². The summed E-state index contributed by atoms with van der Waals surface area (Å²) in [5.74, 6) is -1.75. The van der Waals surface area contributed by atoms with E-state index in [0.29, 0.717) is 27.8 Å². The first-order chi connectivity index (χ1) is 14.9. The SMILES string of the molecule is Cn1nnnc1SCC1=C(C(=O)O)N2C(=O)[C@@H](NC(=O)C(O)c3ccccc3)[C@H]2SC1.[H-].[Na+]. The van der Waals surface area contributed by atoms with Crippen molar-refractivity contribution in [3.63, 3.8) is 0 Å². The standard InChI is InChI=1S/C18H18N6O5S2.Na.H/c1-23-18(20-21-22-23)31-8-10-7-30-16-11(15(27)24(16)12(10)17(28)29)19-14(26)13(25)9-5-3-2-4-6-9;;/h2-6,11,13,16,25H,7-8H2,1H3,(H,19,26)(H,28,29);;/q;+1;-1/t11-,13?,16-;;/m1../s1. The van der Waals surface area contributed by atoms with Crippen molar-refractivity contribution >= 4 is 41.3 Å². The minimum Gasteiger partial charge on any atom is -1.00 e. The molecular formula is C18H19N6NaO5S2.